The minimum absolute atomic E-state index is 0.0971. The summed E-state index contributed by atoms with van der Waals surface area (Å²) >= 11 is 1.71. The van der Waals surface area contributed by atoms with Gasteiger partial charge in [0.15, 0.2) is 0 Å². The summed E-state index contributed by atoms with van der Waals surface area (Å²) in [4.78, 5) is 7.26. The highest BCUT2D eigenvalue weighted by atomic mass is 32.1. The van der Waals surface area contributed by atoms with Crippen LogP contribution < -0.4 is 0 Å². The van der Waals surface area contributed by atoms with Gasteiger partial charge in [0.2, 0.25) is 0 Å². The van der Waals surface area contributed by atoms with E-state index in [2.05, 4.69) is 40.4 Å². The summed E-state index contributed by atoms with van der Waals surface area (Å²) in [5.74, 6) is 0.536. The maximum Gasteiger partial charge on any atom is 0.122 e. The molecule has 1 N–H and O–H groups in total. The SMILES string of the molecule is CCOC(C)c1nc(CN2CCCC(c3cc(C)[nH]n3)C2)cs1. The van der Waals surface area contributed by atoms with Crippen LogP contribution in [0.25, 0.3) is 0 Å². The van der Waals surface area contributed by atoms with Crippen LogP contribution in [-0.2, 0) is 11.3 Å². The van der Waals surface area contributed by atoms with Gasteiger partial charge >= 0.3 is 0 Å². The van der Waals surface area contributed by atoms with E-state index >= 15 is 0 Å². The van der Waals surface area contributed by atoms with Crippen molar-refractivity contribution in [1.82, 2.24) is 20.1 Å². The topological polar surface area (TPSA) is 54.0 Å². The van der Waals surface area contributed by atoms with Gasteiger partial charge in [-0.1, -0.05) is 0 Å². The lowest BCUT2D eigenvalue weighted by Crippen LogP contribution is -2.34. The molecule has 0 aliphatic carbocycles. The van der Waals surface area contributed by atoms with Crippen LogP contribution in [0.5, 0.6) is 0 Å². The van der Waals surface area contributed by atoms with Gasteiger partial charge in [0.05, 0.1) is 11.4 Å². The van der Waals surface area contributed by atoms with Gasteiger partial charge in [-0.05, 0) is 46.2 Å². The number of likely N-dealkylation sites (tertiary alicyclic amines) is 1. The number of hydrogen-bond acceptors (Lipinski definition) is 5. The minimum Gasteiger partial charge on any atom is -0.372 e. The monoisotopic (exact) mass is 334 g/mol. The number of rotatable bonds is 6. The number of hydrogen-bond donors (Lipinski definition) is 1. The van der Waals surface area contributed by atoms with E-state index in [1.807, 2.05) is 6.92 Å². The van der Waals surface area contributed by atoms with E-state index in [-0.39, 0.29) is 6.10 Å². The average Bonchev–Trinajstić information content (AvgIpc) is 3.17. The summed E-state index contributed by atoms with van der Waals surface area (Å²) in [6.07, 6.45) is 2.55. The van der Waals surface area contributed by atoms with E-state index in [4.69, 9.17) is 9.72 Å². The quantitative estimate of drug-likeness (QED) is 0.876. The molecule has 0 bridgehead atoms. The van der Waals surface area contributed by atoms with Gasteiger partial charge in [0.1, 0.15) is 11.1 Å². The lowest BCUT2D eigenvalue weighted by molar-refractivity contribution is 0.0759. The number of nitrogens with zero attached hydrogens (tertiary/aromatic N) is 3. The largest absolute Gasteiger partial charge is 0.372 e. The summed E-state index contributed by atoms with van der Waals surface area (Å²) in [6.45, 7) is 10.0. The Bertz CT molecular complexity index is 624. The third-order valence-corrected chi connectivity index (χ3v) is 5.42. The highest BCUT2D eigenvalue weighted by Gasteiger charge is 2.24. The summed E-state index contributed by atoms with van der Waals surface area (Å²) in [7, 11) is 0. The predicted octanol–water partition coefficient (Wildman–Crippen LogP) is 3.65. The van der Waals surface area contributed by atoms with Crippen LogP contribution in [0.2, 0.25) is 0 Å². The first-order chi connectivity index (χ1) is 11.2. The third kappa shape index (κ3) is 4.19. The van der Waals surface area contributed by atoms with Crippen molar-refractivity contribution in [3.63, 3.8) is 0 Å². The van der Waals surface area contributed by atoms with Gasteiger partial charge in [-0.15, -0.1) is 11.3 Å². The van der Waals surface area contributed by atoms with Crippen molar-refractivity contribution in [2.45, 2.75) is 52.2 Å². The van der Waals surface area contributed by atoms with E-state index in [1.54, 1.807) is 11.3 Å². The fourth-order valence-corrected chi connectivity index (χ4v) is 4.03. The lowest BCUT2D eigenvalue weighted by Gasteiger charge is -2.31. The molecule has 6 heteroatoms. The van der Waals surface area contributed by atoms with Crippen LogP contribution in [0.4, 0.5) is 0 Å². The number of aromatic nitrogens is 3. The number of aromatic amines is 1. The average molecular weight is 334 g/mol. The number of aryl methyl sites for hydroxylation is 1. The zero-order valence-electron chi connectivity index (χ0n) is 14.2. The molecule has 2 atom stereocenters. The molecule has 1 fully saturated rings. The van der Waals surface area contributed by atoms with Crippen molar-refractivity contribution in [2.24, 2.45) is 0 Å². The maximum atomic E-state index is 5.63. The maximum absolute atomic E-state index is 5.63. The highest BCUT2D eigenvalue weighted by Crippen LogP contribution is 2.28. The molecule has 1 aliphatic heterocycles. The van der Waals surface area contributed by atoms with E-state index in [1.165, 1.54) is 18.5 Å². The van der Waals surface area contributed by atoms with Crippen molar-refractivity contribution in [2.75, 3.05) is 19.7 Å². The second-order valence-corrected chi connectivity index (χ2v) is 7.21. The van der Waals surface area contributed by atoms with Gasteiger partial charge in [-0.25, -0.2) is 4.98 Å². The normalized spacial score (nSPS) is 20.7. The van der Waals surface area contributed by atoms with Gasteiger partial charge in [0, 0.05) is 36.7 Å². The zero-order valence-corrected chi connectivity index (χ0v) is 15.0. The Morgan fingerprint density at radius 2 is 2.39 bits per heavy atom. The van der Waals surface area contributed by atoms with E-state index < -0.39 is 0 Å². The fourth-order valence-electron chi connectivity index (χ4n) is 3.22. The van der Waals surface area contributed by atoms with Gasteiger partial charge in [-0.2, -0.15) is 5.10 Å². The Morgan fingerprint density at radius 3 is 3.13 bits per heavy atom. The molecule has 1 saturated heterocycles. The van der Waals surface area contributed by atoms with Crippen molar-refractivity contribution in [3.8, 4) is 0 Å². The molecule has 0 amide bonds. The number of nitrogens with one attached hydrogen (secondary N) is 1. The smallest absolute Gasteiger partial charge is 0.122 e. The fraction of sp³-hybridized carbons (Fsp3) is 0.647. The Labute approximate surface area is 142 Å². The first-order valence-corrected chi connectivity index (χ1v) is 9.33. The van der Waals surface area contributed by atoms with Gasteiger partial charge in [-0.3, -0.25) is 10.00 Å². The van der Waals surface area contributed by atoms with Crippen molar-refractivity contribution in [3.05, 3.63) is 33.5 Å². The number of thiazole rings is 1. The second kappa shape index (κ2) is 7.55. The molecule has 0 spiro atoms. The molecule has 2 unspecified atom stereocenters. The Morgan fingerprint density at radius 1 is 1.52 bits per heavy atom. The van der Waals surface area contributed by atoms with Crippen molar-refractivity contribution < 1.29 is 4.74 Å². The first kappa shape index (κ1) is 16.6. The molecule has 0 aromatic carbocycles. The standard InChI is InChI=1S/C17H26N4OS/c1-4-22-13(3)17-18-15(11-23-17)10-21-7-5-6-14(9-21)16-8-12(2)19-20-16/h8,11,13-14H,4-7,9-10H2,1-3H3,(H,19,20). The van der Waals surface area contributed by atoms with Crippen LogP contribution >= 0.6 is 11.3 Å². The van der Waals surface area contributed by atoms with E-state index in [0.717, 1.165) is 42.6 Å². The van der Waals surface area contributed by atoms with Crippen molar-refractivity contribution >= 4 is 11.3 Å². The molecular weight excluding hydrogens is 308 g/mol. The molecule has 2 aromatic heterocycles. The van der Waals surface area contributed by atoms with Crippen LogP contribution in [0.3, 0.4) is 0 Å². The predicted molar refractivity (Wildman–Crippen MR) is 92.7 cm³/mol. The Balaban J connectivity index is 1.59. The number of piperidine rings is 1. The summed E-state index contributed by atoms with van der Waals surface area (Å²) in [6, 6.07) is 2.18. The molecule has 126 valence electrons. The summed E-state index contributed by atoms with van der Waals surface area (Å²) < 4.78 is 5.63. The second-order valence-electron chi connectivity index (χ2n) is 6.32. The van der Waals surface area contributed by atoms with Gasteiger partial charge < -0.3 is 4.74 Å². The molecule has 0 saturated carbocycles. The van der Waals surface area contributed by atoms with Crippen LogP contribution in [0.15, 0.2) is 11.4 Å². The highest BCUT2D eigenvalue weighted by molar-refractivity contribution is 7.09. The summed E-state index contributed by atoms with van der Waals surface area (Å²) in [5, 5.41) is 10.8. The first-order valence-electron chi connectivity index (χ1n) is 8.46. The number of H-pyrrole nitrogens is 1. The zero-order chi connectivity index (χ0) is 16.2. The molecule has 2 aromatic rings. The van der Waals surface area contributed by atoms with Crippen LogP contribution in [0.1, 0.15) is 60.8 Å². The molecule has 3 heterocycles. The number of ether oxygens (including phenoxy) is 1. The molecular formula is C17H26N4OS. The van der Waals surface area contributed by atoms with Crippen molar-refractivity contribution in [1.29, 1.82) is 0 Å². The van der Waals surface area contributed by atoms with Crippen LogP contribution in [-0.4, -0.2) is 39.8 Å². The third-order valence-electron chi connectivity index (χ3n) is 4.37. The van der Waals surface area contributed by atoms with E-state index in [0.29, 0.717) is 5.92 Å². The van der Waals surface area contributed by atoms with E-state index in [9.17, 15) is 0 Å². The molecule has 3 rings (SSSR count). The molecule has 1 aliphatic rings. The Kier molecular flexibility index (Phi) is 5.46. The van der Waals surface area contributed by atoms with Gasteiger partial charge in [0.25, 0.3) is 0 Å². The summed E-state index contributed by atoms with van der Waals surface area (Å²) in [5.41, 5.74) is 3.51. The Hall–Kier alpha value is -1.24. The molecule has 23 heavy (non-hydrogen) atoms. The minimum atomic E-state index is 0.0971. The molecule has 5 nitrogen and oxygen atoms in total. The van der Waals surface area contributed by atoms with Crippen LogP contribution in [0, 0.1) is 6.92 Å². The lowest BCUT2D eigenvalue weighted by atomic mass is 9.94. The molecule has 0 radical (unpaired) electrons.